The zero-order valence-electron chi connectivity index (χ0n) is 14.4. The van der Waals surface area contributed by atoms with Gasteiger partial charge in [-0.2, -0.15) is 10.2 Å². The third kappa shape index (κ3) is 4.29. The molecule has 9 nitrogen and oxygen atoms in total. The minimum Gasteiger partial charge on any atom is -0.306 e. The molecule has 1 aromatic carbocycles. The molecule has 0 unspecified atom stereocenters. The summed E-state index contributed by atoms with van der Waals surface area (Å²) >= 11 is 12.1. The lowest BCUT2D eigenvalue weighted by Crippen LogP contribution is -2.19. The zero-order chi connectivity index (χ0) is 20.4. The smallest absolute Gasteiger partial charge is 0.306 e. The Morgan fingerprint density at radius 3 is 2.64 bits per heavy atom. The highest BCUT2D eigenvalue weighted by Gasteiger charge is 2.18. The first-order chi connectivity index (χ1) is 13.2. The van der Waals surface area contributed by atoms with Gasteiger partial charge in [-0.1, -0.05) is 29.3 Å². The average Bonchev–Trinajstić information content (AvgIpc) is 3.13. The van der Waals surface area contributed by atoms with Crippen LogP contribution in [0.5, 0.6) is 0 Å². The highest BCUT2D eigenvalue weighted by Crippen LogP contribution is 2.24. The van der Waals surface area contributed by atoms with Gasteiger partial charge in [-0.05, 0) is 19.1 Å². The van der Waals surface area contributed by atoms with E-state index >= 15 is 0 Å². The van der Waals surface area contributed by atoms with Crippen molar-refractivity contribution in [3.8, 4) is 0 Å². The van der Waals surface area contributed by atoms with Crippen LogP contribution in [0, 0.1) is 22.9 Å². The van der Waals surface area contributed by atoms with Crippen LogP contribution in [0.4, 0.5) is 15.9 Å². The molecule has 0 aliphatic heterocycles. The molecule has 146 valence electrons. The SMILES string of the molecule is Cc1nn(CC(=O)Nc2nn(Cc3c(F)cccc3Cl)cc2Cl)cc1[N+](=O)[O-]. The van der Waals surface area contributed by atoms with Crippen molar-refractivity contribution in [3.05, 3.63) is 67.8 Å². The van der Waals surface area contributed by atoms with E-state index in [1.807, 2.05) is 0 Å². The number of anilines is 1. The van der Waals surface area contributed by atoms with Crippen molar-refractivity contribution in [1.82, 2.24) is 19.6 Å². The first kappa shape index (κ1) is 19.8. The average molecular weight is 427 g/mol. The second-order valence-corrected chi connectivity index (χ2v) is 6.64. The minimum absolute atomic E-state index is 0.0195. The Bertz CT molecular complexity index is 1040. The van der Waals surface area contributed by atoms with Crippen molar-refractivity contribution in [2.45, 2.75) is 20.0 Å². The number of hydrogen-bond acceptors (Lipinski definition) is 5. The Morgan fingerprint density at radius 1 is 1.25 bits per heavy atom. The summed E-state index contributed by atoms with van der Waals surface area (Å²) in [5, 5.41) is 21.7. The molecular formula is C16H13Cl2FN6O3. The van der Waals surface area contributed by atoms with E-state index in [0.717, 1.165) is 10.9 Å². The number of nitro groups is 1. The molecule has 3 rings (SSSR count). The Hall–Kier alpha value is -2.98. The fourth-order valence-corrected chi connectivity index (χ4v) is 2.91. The number of aromatic nitrogens is 4. The molecule has 0 fully saturated rings. The summed E-state index contributed by atoms with van der Waals surface area (Å²) in [5.74, 6) is -0.952. The number of rotatable bonds is 6. The monoisotopic (exact) mass is 426 g/mol. The predicted molar refractivity (Wildman–Crippen MR) is 100.0 cm³/mol. The van der Waals surface area contributed by atoms with Gasteiger partial charge in [0.1, 0.15) is 29.3 Å². The van der Waals surface area contributed by atoms with E-state index in [2.05, 4.69) is 15.5 Å². The first-order valence-electron chi connectivity index (χ1n) is 7.88. The van der Waals surface area contributed by atoms with Crippen LogP contribution in [0.1, 0.15) is 11.3 Å². The van der Waals surface area contributed by atoms with Crippen LogP contribution in [-0.4, -0.2) is 30.4 Å². The number of carbonyl (C=O) groups excluding carboxylic acids is 1. The topological polar surface area (TPSA) is 108 Å². The van der Waals surface area contributed by atoms with Crippen molar-refractivity contribution in [2.24, 2.45) is 0 Å². The molecule has 12 heteroatoms. The number of nitrogens with one attached hydrogen (secondary N) is 1. The highest BCUT2D eigenvalue weighted by atomic mass is 35.5. The lowest BCUT2D eigenvalue weighted by atomic mass is 10.2. The largest absolute Gasteiger partial charge is 0.309 e. The summed E-state index contributed by atoms with van der Waals surface area (Å²) in [5.41, 5.74) is 0.249. The molecule has 0 saturated carbocycles. The van der Waals surface area contributed by atoms with E-state index in [-0.39, 0.29) is 45.9 Å². The molecule has 0 spiro atoms. The summed E-state index contributed by atoms with van der Waals surface area (Å²) < 4.78 is 16.4. The Labute approximate surface area is 167 Å². The van der Waals surface area contributed by atoms with E-state index < -0.39 is 16.6 Å². The third-order valence-corrected chi connectivity index (χ3v) is 4.41. The summed E-state index contributed by atoms with van der Waals surface area (Å²) in [6, 6.07) is 4.32. The molecule has 0 aliphatic rings. The molecule has 28 heavy (non-hydrogen) atoms. The second kappa shape index (κ2) is 7.95. The number of benzene rings is 1. The number of halogens is 3. The van der Waals surface area contributed by atoms with Crippen LogP contribution in [0.25, 0.3) is 0 Å². The van der Waals surface area contributed by atoms with Crippen molar-refractivity contribution < 1.29 is 14.1 Å². The Kier molecular flexibility index (Phi) is 5.61. The van der Waals surface area contributed by atoms with Crippen LogP contribution in [0.15, 0.2) is 30.6 Å². The summed E-state index contributed by atoms with van der Waals surface area (Å²) in [6.45, 7) is 1.22. The normalized spacial score (nSPS) is 10.9. The molecule has 0 bridgehead atoms. The fourth-order valence-electron chi connectivity index (χ4n) is 2.49. The maximum absolute atomic E-state index is 13.9. The second-order valence-electron chi connectivity index (χ2n) is 5.83. The third-order valence-electron chi connectivity index (χ3n) is 3.78. The van der Waals surface area contributed by atoms with E-state index in [0.29, 0.717) is 0 Å². The molecule has 1 amide bonds. The summed E-state index contributed by atoms with van der Waals surface area (Å²) in [4.78, 5) is 22.4. The van der Waals surface area contributed by atoms with Crippen molar-refractivity contribution in [3.63, 3.8) is 0 Å². The van der Waals surface area contributed by atoms with Gasteiger partial charge in [-0.15, -0.1) is 0 Å². The van der Waals surface area contributed by atoms with E-state index in [1.165, 1.54) is 29.9 Å². The Balaban J connectivity index is 1.70. The van der Waals surface area contributed by atoms with Crippen LogP contribution < -0.4 is 5.32 Å². The predicted octanol–water partition coefficient (Wildman–Crippen LogP) is 3.43. The van der Waals surface area contributed by atoms with E-state index in [4.69, 9.17) is 23.2 Å². The maximum Gasteiger partial charge on any atom is 0.309 e. The fraction of sp³-hybridized carbons (Fsp3) is 0.188. The molecule has 0 saturated heterocycles. The summed E-state index contributed by atoms with van der Waals surface area (Å²) in [6.07, 6.45) is 2.58. The molecule has 3 aromatic rings. The van der Waals surface area contributed by atoms with Gasteiger partial charge in [0, 0.05) is 16.8 Å². The van der Waals surface area contributed by atoms with Gasteiger partial charge < -0.3 is 5.32 Å². The van der Waals surface area contributed by atoms with Gasteiger partial charge in [0.2, 0.25) is 5.91 Å². The Morgan fingerprint density at radius 2 is 2.00 bits per heavy atom. The van der Waals surface area contributed by atoms with Gasteiger partial charge in [-0.25, -0.2) is 4.39 Å². The minimum atomic E-state index is -0.580. The summed E-state index contributed by atoms with van der Waals surface area (Å²) in [7, 11) is 0. The van der Waals surface area contributed by atoms with Crippen LogP contribution in [0.3, 0.4) is 0 Å². The lowest BCUT2D eigenvalue weighted by Gasteiger charge is -2.06. The van der Waals surface area contributed by atoms with E-state index in [9.17, 15) is 19.3 Å². The van der Waals surface area contributed by atoms with Crippen LogP contribution in [-0.2, 0) is 17.9 Å². The molecule has 1 N–H and O–H groups in total. The number of aryl methyl sites for hydroxylation is 1. The molecule has 2 aromatic heterocycles. The number of nitrogens with zero attached hydrogens (tertiary/aromatic N) is 5. The first-order valence-corrected chi connectivity index (χ1v) is 8.64. The zero-order valence-corrected chi connectivity index (χ0v) is 15.9. The lowest BCUT2D eigenvalue weighted by molar-refractivity contribution is -0.385. The molecule has 0 radical (unpaired) electrons. The van der Waals surface area contributed by atoms with Crippen LogP contribution in [0.2, 0.25) is 10.0 Å². The van der Waals surface area contributed by atoms with Gasteiger partial charge in [-0.3, -0.25) is 24.3 Å². The van der Waals surface area contributed by atoms with Crippen molar-refractivity contribution in [2.75, 3.05) is 5.32 Å². The number of amides is 1. The van der Waals surface area contributed by atoms with Gasteiger partial charge in [0.25, 0.3) is 0 Å². The van der Waals surface area contributed by atoms with Crippen molar-refractivity contribution in [1.29, 1.82) is 0 Å². The molecule has 0 atom stereocenters. The molecular weight excluding hydrogens is 414 g/mol. The van der Waals surface area contributed by atoms with Crippen molar-refractivity contribution >= 4 is 40.6 Å². The van der Waals surface area contributed by atoms with Gasteiger partial charge >= 0.3 is 5.69 Å². The van der Waals surface area contributed by atoms with Gasteiger partial charge in [0.05, 0.1) is 11.5 Å². The maximum atomic E-state index is 13.9. The molecule has 2 heterocycles. The van der Waals surface area contributed by atoms with Gasteiger partial charge in [0.15, 0.2) is 5.82 Å². The number of carbonyl (C=O) groups is 1. The quantitative estimate of drug-likeness (QED) is 0.479. The van der Waals surface area contributed by atoms with Crippen LogP contribution >= 0.6 is 23.2 Å². The molecule has 0 aliphatic carbocycles. The number of hydrogen-bond donors (Lipinski definition) is 1. The van der Waals surface area contributed by atoms with E-state index in [1.54, 1.807) is 6.07 Å². The standard InChI is InChI=1S/C16H13Cl2FN6O3/c1-9-14(25(27)28)7-24(21-9)8-15(26)20-16-12(18)6-23(22-16)5-10-11(17)3-2-4-13(10)19/h2-4,6-7H,5,8H2,1H3,(H,20,22,26). The highest BCUT2D eigenvalue weighted by molar-refractivity contribution is 6.33.